The van der Waals surface area contributed by atoms with Gasteiger partial charge in [-0.1, -0.05) is 0 Å². The first-order valence-corrected chi connectivity index (χ1v) is 8.80. The van der Waals surface area contributed by atoms with Gasteiger partial charge in [-0.25, -0.2) is 8.78 Å². The number of carbonyl (C=O) groups is 1. The number of benzene rings is 2. The third-order valence-corrected chi connectivity index (χ3v) is 5.03. The molecule has 142 valence electrons. The molecule has 0 spiro atoms. The standard InChI is InChI=1S/C20H15F2N3O3/c21-12-2-3-13(15(22)8-12)19-14-9-25(6-5-16(14)23-24-19)20(26)11-1-4-17-18(7-11)28-10-27-17/h1-4,7-8H,5-6,9-10H2,(H,23,24). The molecule has 0 atom stereocenters. The summed E-state index contributed by atoms with van der Waals surface area (Å²) in [7, 11) is 0. The van der Waals surface area contributed by atoms with Crippen LogP contribution in [0.1, 0.15) is 21.6 Å². The number of H-pyrrole nitrogens is 1. The van der Waals surface area contributed by atoms with Crippen molar-refractivity contribution in [3.8, 4) is 22.8 Å². The molecule has 0 saturated carbocycles. The van der Waals surface area contributed by atoms with E-state index in [0.29, 0.717) is 35.7 Å². The Labute approximate surface area is 158 Å². The van der Waals surface area contributed by atoms with Gasteiger partial charge in [0.05, 0.1) is 0 Å². The Hall–Kier alpha value is -3.42. The molecule has 3 aromatic rings. The molecule has 0 saturated heterocycles. The molecule has 28 heavy (non-hydrogen) atoms. The fraction of sp³-hybridized carbons (Fsp3) is 0.200. The van der Waals surface area contributed by atoms with Gasteiger partial charge in [0.25, 0.3) is 5.91 Å². The average Bonchev–Trinajstić information content (AvgIpc) is 3.33. The maximum atomic E-state index is 14.2. The highest BCUT2D eigenvalue weighted by molar-refractivity contribution is 5.95. The maximum absolute atomic E-state index is 14.2. The molecule has 0 aliphatic carbocycles. The summed E-state index contributed by atoms with van der Waals surface area (Å²) in [6, 6.07) is 8.45. The number of hydrogen-bond acceptors (Lipinski definition) is 4. The number of aromatic nitrogens is 2. The molecule has 2 aromatic carbocycles. The van der Waals surface area contributed by atoms with Gasteiger partial charge >= 0.3 is 0 Å². The van der Waals surface area contributed by atoms with Crippen LogP contribution in [0.25, 0.3) is 11.3 Å². The molecule has 1 aromatic heterocycles. The smallest absolute Gasteiger partial charge is 0.254 e. The first kappa shape index (κ1) is 16.7. The highest BCUT2D eigenvalue weighted by Gasteiger charge is 2.28. The van der Waals surface area contributed by atoms with Crippen LogP contribution in [0.3, 0.4) is 0 Å². The highest BCUT2D eigenvalue weighted by Crippen LogP contribution is 2.34. The third kappa shape index (κ3) is 2.69. The lowest BCUT2D eigenvalue weighted by Gasteiger charge is -2.27. The monoisotopic (exact) mass is 383 g/mol. The molecule has 8 heteroatoms. The number of carbonyl (C=O) groups excluding carboxylic acids is 1. The van der Waals surface area contributed by atoms with E-state index in [4.69, 9.17) is 9.47 Å². The van der Waals surface area contributed by atoms with Crippen LogP contribution >= 0.6 is 0 Å². The summed E-state index contributed by atoms with van der Waals surface area (Å²) >= 11 is 0. The number of amides is 1. The number of halogens is 2. The molecule has 0 bridgehead atoms. The summed E-state index contributed by atoms with van der Waals surface area (Å²) in [4.78, 5) is 14.6. The third-order valence-electron chi connectivity index (χ3n) is 5.03. The van der Waals surface area contributed by atoms with E-state index < -0.39 is 11.6 Å². The molecule has 3 heterocycles. The minimum absolute atomic E-state index is 0.141. The molecule has 1 amide bonds. The van der Waals surface area contributed by atoms with Crippen molar-refractivity contribution in [3.63, 3.8) is 0 Å². The SMILES string of the molecule is O=C(c1ccc2c(c1)OCO2)N1CCc2[nH]nc(-c3ccc(F)cc3F)c2C1. The minimum atomic E-state index is -0.687. The topological polar surface area (TPSA) is 67.5 Å². The van der Waals surface area contributed by atoms with Gasteiger partial charge in [-0.05, 0) is 30.3 Å². The van der Waals surface area contributed by atoms with Crippen molar-refractivity contribution in [3.05, 3.63) is 64.9 Å². The Bertz CT molecular complexity index is 1100. The van der Waals surface area contributed by atoms with Crippen molar-refractivity contribution in [1.29, 1.82) is 0 Å². The molecule has 0 fully saturated rings. The van der Waals surface area contributed by atoms with Crippen molar-refractivity contribution in [2.24, 2.45) is 0 Å². The van der Waals surface area contributed by atoms with Gasteiger partial charge in [0, 0.05) is 48.0 Å². The predicted molar refractivity (Wildman–Crippen MR) is 94.9 cm³/mol. The zero-order valence-electron chi connectivity index (χ0n) is 14.7. The second-order valence-electron chi connectivity index (χ2n) is 6.70. The molecule has 5 rings (SSSR count). The van der Waals surface area contributed by atoms with Gasteiger partial charge in [-0.2, -0.15) is 5.10 Å². The van der Waals surface area contributed by atoms with Crippen LogP contribution in [0.5, 0.6) is 11.5 Å². The van der Waals surface area contributed by atoms with Crippen molar-refractivity contribution in [2.75, 3.05) is 13.3 Å². The number of nitrogens with one attached hydrogen (secondary N) is 1. The van der Waals surface area contributed by atoms with Crippen LogP contribution in [-0.4, -0.2) is 34.3 Å². The first-order chi connectivity index (χ1) is 13.6. The van der Waals surface area contributed by atoms with Crippen molar-refractivity contribution in [1.82, 2.24) is 15.1 Å². The van der Waals surface area contributed by atoms with E-state index in [-0.39, 0.29) is 24.8 Å². The van der Waals surface area contributed by atoms with E-state index in [1.807, 2.05) is 0 Å². The van der Waals surface area contributed by atoms with Gasteiger partial charge in [-0.15, -0.1) is 0 Å². The molecular formula is C20H15F2N3O3. The summed E-state index contributed by atoms with van der Waals surface area (Å²) in [6.07, 6.45) is 0.571. The number of ether oxygens (including phenoxy) is 2. The molecule has 6 nitrogen and oxygen atoms in total. The quantitative estimate of drug-likeness (QED) is 0.738. The van der Waals surface area contributed by atoms with Crippen LogP contribution in [0.4, 0.5) is 8.78 Å². The summed E-state index contributed by atoms with van der Waals surface area (Å²) < 4.78 is 38.1. The van der Waals surface area contributed by atoms with E-state index in [9.17, 15) is 13.6 Å². The molecule has 0 unspecified atom stereocenters. The Morgan fingerprint density at radius 1 is 1.11 bits per heavy atom. The molecule has 2 aliphatic rings. The molecule has 2 aliphatic heterocycles. The van der Waals surface area contributed by atoms with Crippen LogP contribution in [-0.2, 0) is 13.0 Å². The second kappa shape index (κ2) is 6.33. The largest absolute Gasteiger partial charge is 0.454 e. The van der Waals surface area contributed by atoms with E-state index >= 15 is 0 Å². The molecule has 0 radical (unpaired) electrons. The van der Waals surface area contributed by atoms with Crippen LogP contribution in [0.15, 0.2) is 36.4 Å². The Kier molecular flexibility index (Phi) is 3.78. The van der Waals surface area contributed by atoms with E-state index in [2.05, 4.69) is 10.2 Å². The fourth-order valence-corrected chi connectivity index (χ4v) is 3.58. The van der Waals surface area contributed by atoms with E-state index in [1.165, 1.54) is 12.1 Å². The maximum Gasteiger partial charge on any atom is 0.254 e. The number of hydrogen-bond donors (Lipinski definition) is 1. The fourth-order valence-electron chi connectivity index (χ4n) is 3.58. The zero-order chi connectivity index (χ0) is 19.3. The summed E-state index contributed by atoms with van der Waals surface area (Å²) in [5.74, 6) is -0.336. The number of fused-ring (bicyclic) bond motifs is 2. The lowest BCUT2D eigenvalue weighted by Crippen LogP contribution is -2.35. The summed E-state index contributed by atoms with van der Waals surface area (Å²) in [6.45, 7) is 0.931. The molecular weight excluding hydrogens is 368 g/mol. The zero-order valence-corrected chi connectivity index (χ0v) is 14.7. The lowest BCUT2D eigenvalue weighted by molar-refractivity contribution is 0.0734. The Morgan fingerprint density at radius 3 is 2.82 bits per heavy atom. The second-order valence-corrected chi connectivity index (χ2v) is 6.70. The van der Waals surface area contributed by atoms with E-state index in [0.717, 1.165) is 17.3 Å². The van der Waals surface area contributed by atoms with Crippen LogP contribution in [0, 0.1) is 11.6 Å². The van der Waals surface area contributed by atoms with Crippen molar-refractivity contribution < 1.29 is 23.0 Å². The summed E-state index contributed by atoms with van der Waals surface area (Å²) in [5, 5.41) is 7.13. The molecule has 1 N–H and O–H groups in total. The predicted octanol–water partition coefficient (Wildman–Crippen LogP) is 3.28. The lowest BCUT2D eigenvalue weighted by atomic mass is 10.00. The number of aromatic amines is 1. The van der Waals surface area contributed by atoms with Crippen LogP contribution in [0.2, 0.25) is 0 Å². The number of nitrogens with zero attached hydrogens (tertiary/aromatic N) is 2. The Morgan fingerprint density at radius 2 is 1.96 bits per heavy atom. The highest BCUT2D eigenvalue weighted by atomic mass is 19.1. The Balaban J connectivity index is 1.45. The van der Waals surface area contributed by atoms with E-state index in [1.54, 1.807) is 23.1 Å². The van der Waals surface area contributed by atoms with Gasteiger partial charge in [0.15, 0.2) is 11.5 Å². The van der Waals surface area contributed by atoms with Gasteiger partial charge in [0.2, 0.25) is 6.79 Å². The number of rotatable bonds is 2. The van der Waals surface area contributed by atoms with Crippen LogP contribution < -0.4 is 9.47 Å². The first-order valence-electron chi connectivity index (χ1n) is 8.80. The normalized spacial score (nSPS) is 14.9. The minimum Gasteiger partial charge on any atom is -0.454 e. The van der Waals surface area contributed by atoms with Gasteiger partial charge in [0.1, 0.15) is 17.3 Å². The van der Waals surface area contributed by atoms with Crippen molar-refractivity contribution >= 4 is 5.91 Å². The van der Waals surface area contributed by atoms with Crippen molar-refractivity contribution in [2.45, 2.75) is 13.0 Å². The van der Waals surface area contributed by atoms with Gasteiger partial charge in [-0.3, -0.25) is 9.89 Å². The van der Waals surface area contributed by atoms with Gasteiger partial charge < -0.3 is 14.4 Å². The average molecular weight is 383 g/mol. The summed E-state index contributed by atoms with van der Waals surface area (Å²) in [5.41, 5.74) is 2.69.